The summed E-state index contributed by atoms with van der Waals surface area (Å²) >= 11 is 0. The lowest BCUT2D eigenvalue weighted by Gasteiger charge is -2.24. The fourth-order valence-electron chi connectivity index (χ4n) is 2.83. The van der Waals surface area contributed by atoms with Crippen molar-refractivity contribution in [2.75, 3.05) is 18.0 Å². The van der Waals surface area contributed by atoms with Gasteiger partial charge < -0.3 is 9.80 Å². The normalized spacial score (nSPS) is 12.8. The van der Waals surface area contributed by atoms with Crippen LogP contribution in [0.25, 0.3) is 0 Å². The minimum atomic E-state index is -0.109. The number of hydrogen-bond acceptors (Lipinski definition) is 3. The summed E-state index contributed by atoms with van der Waals surface area (Å²) in [6.07, 6.45) is 4.24. The highest BCUT2D eigenvalue weighted by Crippen LogP contribution is 2.27. The van der Waals surface area contributed by atoms with Crippen LogP contribution in [0.15, 0.2) is 48.8 Å². The lowest BCUT2D eigenvalue weighted by atomic mass is 10.2. The third kappa shape index (κ3) is 3.39. The molecule has 118 valence electrons. The van der Waals surface area contributed by atoms with Crippen molar-refractivity contribution in [3.63, 3.8) is 0 Å². The van der Waals surface area contributed by atoms with E-state index in [-0.39, 0.29) is 18.4 Å². The van der Waals surface area contributed by atoms with E-state index in [2.05, 4.69) is 4.98 Å². The fourth-order valence-corrected chi connectivity index (χ4v) is 2.83. The number of rotatable bonds is 4. The van der Waals surface area contributed by atoms with Gasteiger partial charge in [-0.1, -0.05) is 18.2 Å². The highest BCUT2D eigenvalue weighted by molar-refractivity contribution is 5.98. The van der Waals surface area contributed by atoms with Gasteiger partial charge in [0.15, 0.2) is 0 Å². The zero-order valence-corrected chi connectivity index (χ0v) is 13.1. The van der Waals surface area contributed by atoms with Gasteiger partial charge in [0.2, 0.25) is 11.8 Å². The van der Waals surface area contributed by atoms with Crippen LogP contribution in [0, 0.1) is 0 Å². The Hall–Kier alpha value is -2.69. The molecular formula is C18H19N3O2. The summed E-state index contributed by atoms with van der Waals surface area (Å²) in [6, 6.07) is 11.6. The lowest BCUT2D eigenvalue weighted by molar-refractivity contribution is -0.134. The number of amides is 2. The van der Waals surface area contributed by atoms with Gasteiger partial charge in [-0.3, -0.25) is 14.6 Å². The van der Waals surface area contributed by atoms with Gasteiger partial charge in [-0.2, -0.15) is 0 Å². The van der Waals surface area contributed by atoms with Gasteiger partial charge in [0.25, 0.3) is 0 Å². The molecule has 2 aromatic rings. The van der Waals surface area contributed by atoms with E-state index in [0.717, 1.165) is 17.7 Å². The molecule has 0 saturated heterocycles. The van der Waals surface area contributed by atoms with Crippen LogP contribution in [0.2, 0.25) is 0 Å². The van der Waals surface area contributed by atoms with Crippen LogP contribution in [0.5, 0.6) is 0 Å². The van der Waals surface area contributed by atoms with Crippen LogP contribution in [0.1, 0.15) is 18.1 Å². The molecule has 2 amide bonds. The number of hydrogen-bond donors (Lipinski definition) is 0. The van der Waals surface area contributed by atoms with Crippen LogP contribution in [-0.2, 0) is 22.6 Å². The molecule has 23 heavy (non-hydrogen) atoms. The van der Waals surface area contributed by atoms with E-state index in [1.54, 1.807) is 22.2 Å². The number of para-hydroxylation sites is 1. The number of carbonyl (C=O) groups is 2. The number of anilines is 1. The molecule has 1 aliphatic heterocycles. The molecule has 0 aliphatic carbocycles. The summed E-state index contributed by atoms with van der Waals surface area (Å²) in [7, 11) is 0. The van der Waals surface area contributed by atoms with Gasteiger partial charge in [-0.15, -0.1) is 0 Å². The molecule has 0 bridgehead atoms. The first-order valence-corrected chi connectivity index (χ1v) is 7.68. The predicted octanol–water partition coefficient (Wildman–Crippen LogP) is 2.02. The largest absolute Gasteiger partial charge is 0.329 e. The number of carbonyl (C=O) groups excluding carboxylic acids is 2. The van der Waals surface area contributed by atoms with E-state index >= 15 is 0 Å². The highest BCUT2D eigenvalue weighted by atomic mass is 16.2. The average molecular weight is 309 g/mol. The fraction of sp³-hybridized carbons (Fsp3) is 0.278. The molecule has 0 fully saturated rings. The number of aromatic nitrogens is 1. The molecule has 1 aliphatic rings. The average Bonchev–Trinajstić information content (AvgIpc) is 2.99. The molecule has 1 aromatic carbocycles. The van der Waals surface area contributed by atoms with Crippen molar-refractivity contribution in [2.24, 2.45) is 0 Å². The Kier molecular flexibility index (Phi) is 4.37. The minimum Gasteiger partial charge on any atom is -0.329 e. The van der Waals surface area contributed by atoms with Gasteiger partial charge in [0, 0.05) is 38.1 Å². The van der Waals surface area contributed by atoms with Crippen LogP contribution in [0.3, 0.4) is 0 Å². The molecule has 5 nitrogen and oxygen atoms in total. The molecule has 0 spiro atoms. The van der Waals surface area contributed by atoms with Crippen LogP contribution >= 0.6 is 0 Å². The first kappa shape index (κ1) is 15.2. The van der Waals surface area contributed by atoms with Crippen molar-refractivity contribution in [1.29, 1.82) is 0 Å². The maximum atomic E-state index is 12.6. The van der Waals surface area contributed by atoms with E-state index in [4.69, 9.17) is 0 Å². The molecule has 0 radical (unpaired) electrons. The van der Waals surface area contributed by atoms with Crippen molar-refractivity contribution >= 4 is 17.5 Å². The second-order valence-electron chi connectivity index (χ2n) is 5.65. The van der Waals surface area contributed by atoms with Crippen molar-refractivity contribution in [2.45, 2.75) is 19.9 Å². The Labute approximate surface area is 135 Å². The standard InChI is InChI=1S/C18H19N3O2/c1-14(22)20(12-15-6-9-19-10-7-15)13-18(23)21-11-8-16-4-2-3-5-17(16)21/h2-7,9-10H,8,11-13H2,1H3. The molecular weight excluding hydrogens is 290 g/mol. The monoisotopic (exact) mass is 309 g/mol. The zero-order chi connectivity index (χ0) is 16.2. The summed E-state index contributed by atoms with van der Waals surface area (Å²) < 4.78 is 0. The first-order valence-electron chi connectivity index (χ1n) is 7.68. The molecule has 1 aromatic heterocycles. The number of benzene rings is 1. The third-order valence-corrected chi connectivity index (χ3v) is 4.08. The maximum Gasteiger partial charge on any atom is 0.246 e. The van der Waals surface area contributed by atoms with E-state index in [0.29, 0.717) is 13.1 Å². The molecule has 0 saturated carbocycles. The van der Waals surface area contributed by atoms with Crippen LogP contribution in [-0.4, -0.2) is 34.8 Å². The highest BCUT2D eigenvalue weighted by Gasteiger charge is 2.26. The van der Waals surface area contributed by atoms with Gasteiger partial charge in [-0.25, -0.2) is 0 Å². The lowest BCUT2D eigenvalue weighted by Crippen LogP contribution is -2.41. The predicted molar refractivity (Wildman–Crippen MR) is 87.8 cm³/mol. The molecule has 0 unspecified atom stereocenters. The maximum absolute atomic E-state index is 12.6. The molecule has 0 atom stereocenters. The SMILES string of the molecule is CC(=O)N(CC(=O)N1CCc2ccccc21)Cc1ccncc1. The molecule has 0 N–H and O–H groups in total. The summed E-state index contributed by atoms with van der Waals surface area (Å²) in [6.45, 7) is 2.68. The van der Waals surface area contributed by atoms with E-state index < -0.39 is 0 Å². The zero-order valence-electron chi connectivity index (χ0n) is 13.1. The van der Waals surface area contributed by atoms with Gasteiger partial charge in [-0.05, 0) is 35.7 Å². The third-order valence-electron chi connectivity index (χ3n) is 4.08. The van der Waals surface area contributed by atoms with E-state index in [1.807, 2.05) is 36.4 Å². The second kappa shape index (κ2) is 6.60. The van der Waals surface area contributed by atoms with Gasteiger partial charge in [0.1, 0.15) is 6.54 Å². The van der Waals surface area contributed by atoms with Crippen molar-refractivity contribution in [3.8, 4) is 0 Å². The Morgan fingerprint density at radius 2 is 1.91 bits per heavy atom. The van der Waals surface area contributed by atoms with Gasteiger partial charge in [0.05, 0.1) is 0 Å². The Morgan fingerprint density at radius 3 is 2.65 bits per heavy atom. The summed E-state index contributed by atoms with van der Waals surface area (Å²) in [5.74, 6) is -0.151. The van der Waals surface area contributed by atoms with Crippen molar-refractivity contribution < 1.29 is 9.59 Å². The summed E-state index contributed by atoms with van der Waals surface area (Å²) in [5, 5.41) is 0. The second-order valence-corrected chi connectivity index (χ2v) is 5.65. The van der Waals surface area contributed by atoms with Crippen molar-refractivity contribution in [3.05, 3.63) is 59.9 Å². The van der Waals surface area contributed by atoms with Crippen LogP contribution < -0.4 is 4.90 Å². The smallest absolute Gasteiger partial charge is 0.246 e. The van der Waals surface area contributed by atoms with E-state index in [1.165, 1.54) is 12.5 Å². The minimum absolute atomic E-state index is 0.0424. The van der Waals surface area contributed by atoms with Crippen molar-refractivity contribution in [1.82, 2.24) is 9.88 Å². The Morgan fingerprint density at radius 1 is 1.17 bits per heavy atom. The molecule has 2 heterocycles. The Bertz CT molecular complexity index is 715. The molecule has 3 rings (SSSR count). The van der Waals surface area contributed by atoms with Crippen LogP contribution in [0.4, 0.5) is 5.69 Å². The number of nitrogens with zero attached hydrogens (tertiary/aromatic N) is 3. The summed E-state index contributed by atoms with van der Waals surface area (Å²) in [5.41, 5.74) is 3.11. The summed E-state index contributed by atoms with van der Waals surface area (Å²) in [4.78, 5) is 31.8. The Balaban J connectivity index is 1.71. The van der Waals surface area contributed by atoms with E-state index in [9.17, 15) is 9.59 Å². The quantitative estimate of drug-likeness (QED) is 0.868. The molecule has 5 heteroatoms. The first-order chi connectivity index (χ1) is 11.1. The number of fused-ring (bicyclic) bond motifs is 1. The topological polar surface area (TPSA) is 53.5 Å². The van der Waals surface area contributed by atoms with Gasteiger partial charge >= 0.3 is 0 Å². The number of pyridine rings is 1.